The van der Waals surface area contributed by atoms with E-state index in [0.717, 1.165) is 16.1 Å². The molecule has 2 amide bonds. The van der Waals surface area contributed by atoms with Gasteiger partial charge in [0.1, 0.15) is 5.75 Å². The van der Waals surface area contributed by atoms with Crippen LogP contribution in [0.25, 0.3) is 0 Å². The van der Waals surface area contributed by atoms with Gasteiger partial charge in [0, 0.05) is 26.0 Å². The fourth-order valence-electron chi connectivity index (χ4n) is 3.20. The van der Waals surface area contributed by atoms with Gasteiger partial charge in [-0.15, -0.1) is 0 Å². The number of hydrogen-bond donors (Lipinski definition) is 2. The van der Waals surface area contributed by atoms with E-state index in [1.54, 1.807) is 67.0 Å². The Bertz CT molecular complexity index is 1260. The number of hydrogen-bond acceptors (Lipinski definition) is 6. The number of aromatic nitrogens is 1. The molecular weight excluding hydrogens is 468 g/mol. The minimum Gasteiger partial charge on any atom is -0.481 e. The summed E-state index contributed by atoms with van der Waals surface area (Å²) in [5.41, 5.74) is 2.03. The third-order valence-corrected chi connectivity index (χ3v) is 6.45. The van der Waals surface area contributed by atoms with E-state index < -0.39 is 22.0 Å². The Morgan fingerprint density at radius 3 is 2.40 bits per heavy atom. The summed E-state index contributed by atoms with van der Waals surface area (Å²) in [6.07, 6.45) is 4.01. The van der Waals surface area contributed by atoms with Crippen molar-refractivity contribution < 1.29 is 22.7 Å². The van der Waals surface area contributed by atoms with Crippen LogP contribution in [0.15, 0.2) is 73.1 Å². The summed E-state index contributed by atoms with van der Waals surface area (Å²) in [5.74, 6) is -0.318. The Balaban J connectivity index is 1.66. The van der Waals surface area contributed by atoms with Gasteiger partial charge >= 0.3 is 0 Å². The molecule has 0 saturated heterocycles. The minimum atomic E-state index is -3.38. The van der Waals surface area contributed by atoms with Crippen molar-refractivity contribution in [2.45, 2.75) is 26.0 Å². The van der Waals surface area contributed by atoms with E-state index in [1.165, 1.54) is 7.05 Å². The molecule has 0 bridgehead atoms. The van der Waals surface area contributed by atoms with Gasteiger partial charge in [0.25, 0.3) is 11.8 Å². The summed E-state index contributed by atoms with van der Waals surface area (Å²) in [7, 11) is -1.93. The van der Waals surface area contributed by atoms with Gasteiger partial charge in [-0.1, -0.05) is 25.1 Å². The maximum atomic E-state index is 12.9. The van der Waals surface area contributed by atoms with E-state index in [2.05, 4.69) is 15.6 Å². The maximum absolute atomic E-state index is 12.9. The fourth-order valence-corrected chi connectivity index (χ4v) is 3.70. The SMILES string of the molecule is CC[C@H](Oc1ccc(N(C)S(C)(=O)=O)cc1)C(=O)Nc1ccccc1C(=O)NCc1cccnc1. The number of anilines is 2. The van der Waals surface area contributed by atoms with Crippen LogP contribution in [-0.4, -0.2) is 44.6 Å². The van der Waals surface area contributed by atoms with Crippen molar-refractivity contribution in [2.75, 3.05) is 22.9 Å². The molecule has 0 fully saturated rings. The number of sulfonamides is 1. The molecule has 0 unspecified atom stereocenters. The number of ether oxygens (including phenoxy) is 1. The van der Waals surface area contributed by atoms with E-state index in [0.29, 0.717) is 35.7 Å². The number of amides is 2. The lowest BCUT2D eigenvalue weighted by atomic mass is 10.1. The molecular formula is C25H28N4O5S. The van der Waals surface area contributed by atoms with Crippen LogP contribution in [-0.2, 0) is 21.4 Å². The van der Waals surface area contributed by atoms with Crippen LogP contribution in [0.3, 0.4) is 0 Å². The molecule has 1 aromatic heterocycles. The molecule has 0 spiro atoms. The summed E-state index contributed by atoms with van der Waals surface area (Å²) >= 11 is 0. The van der Waals surface area contributed by atoms with Crippen LogP contribution in [0.4, 0.5) is 11.4 Å². The van der Waals surface area contributed by atoms with Crippen molar-refractivity contribution in [3.05, 3.63) is 84.2 Å². The molecule has 0 aliphatic heterocycles. The highest BCUT2D eigenvalue weighted by Crippen LogP contribution is 2.22. The number of para-hydroxylation sites is 1. The summed E-state index contributed by atoms with van der Waals surface area (Å²) in [5, 5.41) is 5.61. The van der Waals surface area contributed by atoms with Gasteiger partial charge in [0.2, 0.25) is 10.0 Å². The Morgan fingerprint density at radius 2 is 1.77 bits per heavy atom. The first-order chi connectivity index (χ1) is 16.7. The van der Waals surface area contributed by atoms with Crippen LogP contribution in [0.1, 0.15) is 29.3 Å². The van der Waals surface area contributed by atoms with Crippen LogP contribution in [0.5, 0.6) is 5.75 Å². The highest BCUT2D eigenvalue weighted by molar-refractivity contribution is 7.92. The lowest BCUT2D eigenvalue weighted by Crippen LogP contribution is -2.33. The smallest absolute Gasteiger partial charge is 0.265 e. The van der Waals surface area contributed by atoms with Crippen molar-refractivity contribution >= 4 is 33.2 Å². The predicted molar refractivity (Wildman–Crippen MR) is 135 cm³/mol. The molecule has 0 aliphatic rings. The molecule has 184 valence electrons. The fraction of sp³-hybridized carbons (Fsp3) is 0.240. The zero-order chi connectivity index (χ0) is 25.4. The zero-order valence-electron chi connectivity index (χ0n) is 19.8. The van der Waals surface area contributed by atoms with E-state index in [1.807, 2.05) is 13.0 Å². The molecule has 1 atom stereocenters. The molecule has 3 rings (SSSR count). The molecule has 2 aromatic carbocycles. The van der Waals surface area contributed by atoms with Gasteiger partial charge in [-0.05, 0) is 54.4 Å². The topological polar surface area (TPSA) is 118 Å². The summed E-state index contributed by atoms with van der Waals surface area (Å²) in [6, 6.07) is 16.8. The van der Waals surface area contributed by atoms with E-state index >= 15 is 0 Å². The highest BCUT2D eigenvalue weighted by atomic mass is 32.2. The normalized spacial score (nSPS) is 11.9. The minimum absolute atomic E-state index is 0.306. The van der Waals surface area contributed by atoms with Crippen molar-refractivity contribution in [1.29, 1.82) is 0 Å². The summed E-state index contributed by atoms with van der Waals surface area (Å²) < 4.78 is 30.4. The first-order valence-electron chi connectivity index (χ1n) is 11.0. The third-order valence-electron chi connectivity index (χ3n) is 5.24. The third kappa shape index (κ3) is 7.03. The molecule has 0 saturated carbocycles. The number of rotatable bonds is 10. The largest absolute Gasteiger partial charge is 0.481 e. The molecule has 0 aliphatic carbocycles. The van der Waals surface area contributed by atoms with E-state index in [4.69, 9.17) is 4.74 Å². The Morgan fingerprint density at radius 1 is 1.06 bits per heavy atom. The van der Waals surface area contributed by atoms with Gasteiger partial charge in [0.05, 0.1) is 23.2 Å². The Hall–Kier alpha value is -3.92. The average Bonchev–Trinajstić information content (AvgIpc) is 2.86. The predicted octanol–water partition coefficient (Wildman–Crippen LogP) is 3.20. The number of nitrogens with one attached hydrogen (secondary N) is 2. The summed E-state index contributed by atoms with van der Waals surface area (Å²) in [4.78, 5) is 29.7. The second-order valence-electron chi connectivity index (χ2n) is 7.82. The monoisotopic (exact) mass is 496 g/mol. The molecule has 9 nitrogen and oxygen atoms in total. The number of carbonyl (C=O) groups excluding carboxylic acids is 2. The summed E-state index contributed by atoms with van der Waals surface area (Å²) in [6.45, 7) is 2.11. The number of benzene rings is 2. The standard InChI is InChI=1S/C25H28N4O5S/c1-4-23(34-20-13-11-19(12-14-20)29(2)35(3,32)33)25(31)28-22-10-6-5-9-21(22)24(30)27-17-18-8-7-15-26-16-18/h5-16,23H,4,17H2,1-3H3,(H,27,30)(H,28,31)/t23-/m0/s1. The molecule has 0 radical (unpaired) electrons. The van der Waals surface area contributed by atoms with Gasteiger partial charge in [-0.25, -0.2) is 8.42 Å². The van der Waals surface area contributed by atoms with Gasteiger partial charge in [-0.2, -0.15) is 0 Å². The van der Waals surface area contributed by atoms with E-state index in [9.17, 15) is 18.0 Å². The van der Waals surface area contributed by atoms with Gasteiger partial charge < -0.3 is 15.4 Å². The van der Waals surface area contributed by atoms with Crippen LogP contribution in [0.2, 0.25) is 0 Å². The molecule has 1 heterocycles. The first kappa shape index (κ1) is 25.7. The second-order valence-corrected chi connectivity index (χ2v) is 9.83. The molecule has 10 heteroatoms. The molecule has 35 heavy (non-hydrogen) atoms. The Kier molecular flexibility index (Phi) is 8.43. The molecule has 3 aromatic rings. The lowest BCUT2D eigenvalue weighted by Gasteiger charge is -2.20. The van der Waals surface area contributed by atoms with Crippen LogP contribution < -0.4 is 19.7 Å². The van der Waals surface area contributed by atoms with Crippen molar-refractivity contribution in [3.63, 3.8) is 0 Å². The average molecular weight is 497 g/mol. The lowest BCUT2D eigenvalue weighted by molar-refractivity contribution is -0.122. The van der Waals surface area contributed by atoms with E-state index in [-0.39, 0.29) is 5.91 Å². The van der Waals surface area contributed by atoms with Crippen LogP contribution in [0, 0.1) is 0 Å². The Labute approximate surface area is 205 Å². The van der Waals surface area contributed by atoms with Crippen molar-refractivity contribution in [1.82, 2.24) is 10.3 Å². The number of nitrogens with zero attached hydrogens (tertiary/aromatic N) is 2. The number of pyridine rings is 1. The zero-order valence-corrected chi connectivity index (χ0v) is 20.6. The highest BCUT2D eigenvalue weighted by Gasteiger charge is 2.21. The van der Waals surface area contributed by atoms with Crippen molar-refractivity contribution in [3.8, 4) is 5.75 Å². The first-order valence-corrected chi connectivity index (χ1v) is 12.8. The van der Waals surface area contributed by atoms with Gasteiger partial charge in [-0.3, -0.25) is 18.9 Å². The quantitative estimate of drug-likeness (QED) is 0.445. The van der Waals surface area contributed by atoms with Crippen molar-refractivity contribution in [2.24, 2.45) is 0 Å². The molecule has 2 N–H and O–H groups in total. The maximum Gasteiger partial charge on any atom is 0.265 e. The number of carbonyl (C=O) groups is 2. The van der Waals surface area contributed by atoms with Crippen LogP contribution >= 0.6 is 0 Å². The van der Waals surface area contributed by atoms with Gasteiger partial charge in [0.15, 0.2) is 6.10 Å². The second kappa shape index (κ2) is 11.5.